The number of aromatic nitrogens is 5. The van der Waals surface area contributed by atoms with E-state index >= 15 is 0 Å². The number of anilines is 1. The van der Waals surface area contributed by atoms with Crippen LogP contribution in [0.1, 0.15) is 63.3 Å². The van der Waals surface area contributed by atoms with Crippen LogP contribution in [-0.4, -0.2) is 74.0 Å². The minimum atomic E-state index is -4.38. The summed E-state index contributed by atoms with van der Waals surface area (Å²) in [7, 11) is 0. The largest absolute Gasteiger partial charge is 0.446 e. The number of alkyl halides is 3. The number of aryl methyl sites for hydroxylation is 1. The van der Waals surface area contributed by atoms with Crippen LogP contribution in [-0.2, 0) is 17.7 Å². The third-order valence-corrected chi connectivity index (χ3v) is 8.03. The zero-order chi connectivity index (χ0) is 30.8. The summed E-state index contributed by atoms with van der Waals surface area (Å²) in [5.41, 5.74) is 8.62. The number of hydrogen-bond donors (Lipinski definition) is 1. The van der Waals surface area contributed by atoms with Gasteiger partial charge in [-0.3, -0.25) is 4.68 Å². The Balaban J connectivity index is 1.37. The topological polar surface area (TPSA) is 107 Å². The number of nitrogens with two attached hydrogens (primary N) is 1. The van der Waals surface area contributed by atoms with Crippen molar-refractivity contribution in [2.45, 2.75) is 71.7 Å². The highest BCUT2D eigenvalue weighted by Gasteiger charge is 2.48. The molecule has 1 spiro atoms. The molecule has 1 aliphatic heterocycles. The van der Waals surface area contributed by atoms with Crippen molar-refractivity contribution in [3.05, 3.63) is 53.6 Å². The SMILES string of the molecule is CCCC(C)OC(=O)N1CCN(c2cccc(-n3ncc(CC)c3/C=C(\N)c3cnn(CC(F)(F)F)c3)n2)CC2(CC2)C1. The van der Waals surface area contributed by atoms with Crippen LogP contribution < -0.4 is 10.6 Å². The van der Waals surface area contributed by atoms with E-state index in [0.717, 1.165) is 48.3 Å². The highest BCUT2D eigenvalue weighted by molar-refractivity contribution is 5.79. The summed E-state index contributed by atoms with van der Waals surface area (Å²) in [5.74, 6) is 1.37. The Morgan fingerprint density at radius 2 is 1.91 bits per heavy atom. The molecule has 1 aliphatic carbocycles. The fourth-order valence-electron chi connectivity index (χ4n) is 5.54. The van der Waals surface area contributed by atoms with E-state index in [9.17, 15) is 18.0 Å². The predicted octanol–water partition coefficient (Wildman–Crippen LogP) is 5.27. The van der Waals surface area contributed by atoms with Gasteiger partial charge in [0.05, 0.1) is 18.1 Å². The van der Waals surface area contributed by atoms with Crippen LogP contribution in [0.5, 0.6) is 0 Å². The average Bonchev–Trinajstić information content (AvgIpc) is 3.43. The first-order valence-corrected chi connectivity index (χ1v) is 14.8. The molecule has 0 radical (unpaired) electrons. The lowest BCUT2D eigenvalue weighted by molar-refractivity contribution is -0.142. The Morgan fingerprint density at radius 3 is 2.60 bits per heavy atom. The maximum atomic E-state index is 12.9. The van der Waals surface area contributed by atoms with Gasteiger partial charge in [0.15, 0.2) is 5.82 Å². The van der Waals surface area contributed by atoms with E-state index in [1.165, 1.54) is 12.4 Å². The van der Waals surface area contributed by atoms with Crippen molar-refractivity contribution in [2.75, 3.05) is 31.1 Å². The average molecular weight is 601 g/mol. The molecule has 1 unspecified atom stereocenters. The number of amides is 1. The van der Waals surface area contributed by atoms with E-state index in [2.05, 4.69) is 22.0 Å². The molecule has 43 heavy (non-hydrogen) atoms. The minimum Gasteiger partial charge on any atom is -0.446 e. The van der Waals surface area contributed by atoms with E-state index in [0.29, 0.717) is 43.1 Å². The van der Waals surface area contributed by atoms with Gasteiger partial charge in [-0.25, -0.2) is 14.5 Å². The summed E-state index contributed by atoms with van der Waals surface area (Å²) in [4.78, 5) is 22.0. The number of ether oxygens (including phenoxy) is 1. The van der Waals surface area contributed by atoms with Gasteiger partial charge in [0.25, 0.3) is 0 Å². The quantitative estimate of drug-likeness (QED) is 0.357. The molecule has 1 saturated heterocycles. The lowest BCUT2D eigenvalue weighted by Crippen LogP contribution is -2.38. The van der Waals surface area contributed by atoms with Crippen LogP contribution >= 0.6 is 0 Å². The summed E-state index contributed by atoms with van der Waals surface area (Å²) in [5, 5.41) is 8.38. The van der Waals surface area contributed by atoms with Crippen molar-refractivity contribution >= 4 is 23.7 Å². The molecule has 0 aromatic carbocycles. The van der Waals surface area contributed by atoms with Crippen molar-refractivity contribution in [2.24, 2.45) is 11.1 Å². The lowest BCUT2D eigenvalue weighted by Gasteiger charge is -2.25. The monoisotopic (exact) mass is 600 g/mol. The standard InChI is InChI=1S/C30H39F3N8O2/c1-4-7-21(3)43-28(42)39-13-12-38(18-29(19-39)10-11-29)26-8-6-9-27(37-26)41-25(22(5-2)15-36-41)14-24(34)23-16-35-40(17-23)20-30(31,32)33/h6,8-9,14-17,21H,4-5,7,10-13,18-20,34H2,1-3H3/b24-14-. The van der Waals surface area contributed by atoms with Gasteiger partial charge in [-0.2, -0.15) is 23.4 Å². The van der Waals surface area contributed by atoms with Crippen molar-refractivity contribution in [1.82, 2.24) is 29.4 Å². The van der Waals surface area contributed by atoms with Crippen LogP contribution in [0.15, 0.2) is 36.8 Å². The first-order chi connectivity index (χ1) is 20.5. The lowest BCUT2D eigenvalue weighted by atomic mass is 10.1. The van der Waals surface area contributed by atoms with Crippen molar-refractivity contribution < 1.29 is 22.7 Å². The molecular weight excluding hydrogens is 561 g/mol. The molecule has 3 aromatic heterocycles. The number of carbonyl (C=O) groups excluding carboxylic acids is 1. The number of carbonyl (C=O) groups is 1. The second kappa shape index (κ2) is 12.3. The highest BCUT2D eigenvalue weighted by atomic mass is 19.4. The minimum absolute atomic E-state index is 0.0290. The van der Waals surface area contributed by atoms with Gasteiger partial charge in [-0.1, -0.05) is 26.3 Å². The first-order valence-electron chi connectivity index (χ1n) is 14.8. The van der Waals surface area contributed by atoms with Crippen LogP contribution in [0.25, 0.3) is 17.6 Å². The molecule has 13 heteroatoms. The fourth-order valence-corrected chi connectivity index (χ4v) is 5.54. The maximum Gasteiger partial charge on any atom is 0.410 e. The third-order valence-electron chi connectivity index (χ3n) is 8.03. The number of halogens is 3. The summed E-state index contributed by atoms with van der Waals surface area (Å²) in [6.45, 7) is 7.44. The molecule has 2 aliphatic rings. The fraction of sp³-hybridized carbons (Fsp3) is 0.533. The molecule has 1 amide bonds. The Bertz CT molecular complexity index is 1460. The molecule has 10 nitrogen and oxygen atoms in total. The molecule has 232 valence electrons. The molecule has 1 saturated carbocycles. The van der Waals surface area contributed by atoms with Gasteiger partial charge < -0.3 is 20.3 Å². The van der Waals surface area contributed by atoms with Gasteiger partial charge in [0.2, 0.25) is 0 Å². The predicted molar refractivity (Wildman–Crippen MR) is 157 cm³/mol. The third kappa shape index (κ3) is 7.31. The van der Waals surface area contributed by atoms with E-state index in [-0.39, 0.29) is 23.3 Å². The molecule has 1 atom stereocenters. The molecule has 2 N–H and O–H groups in total. The molecule has 3 aromatic rings. The maximum absolute atomic E-state index is 12.9. The van der Waals surface area contributed by atoms with Crippen molar-refractivity contribution in [3.8, 4) is 5.82 Å². The molecule has 4 heterocycles. The van der Waals surface area contributed by atoms with Gasteiger partial charge in [-0.05, 0) is 56.4 Å². The molecule has 2 fully saturated rings. The number of nitrogens with zero attached hydrogens (tertiary/aromatic N) is 7. The van der Waals surface area contributed by atoms with E-state index in [1.54, 1.807) is 17.0 Å². The highest BCUT2D eigenvalue weighted by Crippen LogP contribution is 2.48. The zero-order valence-corrected chi connectivity index (χ0v) is 24.8. The zero-order valence-electron chi connectivity index (χ0n) is 24.8. The first kappa shape index (κ1) is 30.4. The van der Waals surface area contributed by atoms with Crippen LogP contribution in [0, 0.1) is 5.41 Å². The molecule has 0 bridgehead atoms. The Labute approximate surface area is 249 Å². The Kier molecular flexibility index (Phi) is 8.70. The number of hydrogen-bond acceptors (Lipinski definition) is 7. The Hall–Kier alpha value is -4.03. The van der Waals surface area contributed by atoms with Gasteiger partial charge in [-0.15, -0.1) is 0 Å². The number of rotatable bonds is 9. The van der Waals surface area contributed by atoms with Crippen LogP contribution in [0.2, 0.25) is 0 Å². The van der Waals surface area contributed by atoms with Gasteiger partial charge >= 0.3 is 12.3 Å². The number of pyridine rings is 1. The van der Waals surface area contributed by atoms with Crippen LogP contribution in [0.4, 0.5) is 23.8 Å². The smallest absolute Gasteiger partial charge is 0.410 e. The summed E-state index contributed by atoms with van der Waals surface area (Å²) < 4.78 is 46.6. The summed E-state index contributed by atoms with van der Waals surface area (Å²) >= 11 is 0. The van der Waals surface area contributed by atoms with E-state index < -0.39 is 12.7 Å². The summed E-state index contributed by atoms with van der Waals surface area (Å²) in [6.07, 6.45) is 5.86. The van der Waals surface area contributed by atoms with Crippen molar-refractivity contribution in [3.63, 3.8) is 0 Å². The second-order valence-electron chi connectivity index (χ2n) is 11.6. The van der Waals surface area contributed by atoms with Crippen LogP contribution in [0.3, 0.4) is 0 Å². The molecule has 5 rings (SSSR count). The normalized spacial score (nSPS) is 17.7. The van der Waals surface area contributed by atoms with E-state index in [1.807, 2.05) is 36.9 Å². The Morgan fingerprint density at radius 1 is 1.14 bits per heavy atom. The molecular formula is C30H39F3N8O2. The second-order valence-corrected chi connectivity index (χ2v) is 11.6. The van der Waals surface area contributed by atoms with Gasteiger partial charge in [0.1, 0.15) is 18.5 Å². The van der Waals surface area contributed by atoms with Gasteiger partial charge in [0, 0.05) is 49.1 Å². The van der Waals surface area contributed by atoms with E-state index in [4.69, 9.17) is 15.5 Å². The summed E-state index contributed by atoms with van der Waals surface area (Å²) in [6, 6.07) is 5.74. The van der Waals surface area contributed by atoms with Crippen molar-refractivity contribution in [1.29, 1.82) is 0 Å².